The van der Waals surface area contributed by atoms with Crippen LogP contribution >= 0.6 is 31.9 Å². The second kappa shape index (κ2) is 37.6. The van der Waals surface area contributed by atoms with Crippen LogP contribution in [0.2, 0.25) is 0 Å². The van der Waals surface area contributed by atoms with Crippen LogP contribution in [0.1, 0.15) is 0 Å². The summed E-state index contributed by atoms with van der Waals surface area (Å²) in [6, 6.07) is 131. The van der Waals surface area contributed by atoms with Crippen molar-refractivity contribution in [1.29, 1.82) is 0 Å². The Labute approximate surface area is 710 Å². The van der Waals surface area contributed by atoms with Gasteiger partial charge in [0.1, 0.15) is 4.60 Å². The maximum Gasteiger partial charge on any atom is 2.00 e. The van der Waals surface area contributed by atoms with Crippen LogP contribution in [0, 0.1) is 12.1 Å². The average molecular weight is 1820 g/mol. The van der Waals surface area contributed by atoms with Crippen molar-refractivity contribution in [2.24, 2.45) is 0 Å². The second-order valence-electron chi connectivity index (χ2n) is 27.3. The van der Waals surface area contributed by atoms with Crippen molar-refractivity contribution in [2.45, 2.75) is 0 Å². The number of pyridine rings is 6. The number of hydrogen-bond donors (Lipinski definition) is 4. The molecule has 6 heterocycles. The van der Waals surface area contributed by atoms with Crippen LogP contribution in [0.3, 0.4) is 0 Å². The molecule has 117 heavy (non-hydrogen) atoms. The number of benzene rings is 14. The van der Waals surface area contributed by atoms with Crippen molar-refractivity contribution in [3.05, 3.63) is 422 Å². The van der Waals surface area contributed by atoms with E-state index in [1.54, 1.807) is 18.3 Å². The number of hydrogen-bond acceptors (Lipinski definition) is 10. The SMILES string of the molecule is Brc1cccc(-c2nccc3ccccc23)c1.Brc1nccc2ccccc12.OB(O)c1ccccc1B(O)O.[Pt+2].[c-]1c(-c2ccccc2-c2[c-]c(-c3nccc4ccccc34)ccc2)cccc1-c1nccc2ccccc12.c1cc(-c2ccccc2-c2cccc(-c3nccc4ccccc34)c2)cc(-c2nccc3ccccc23)c1. The summed E-state index contributed by atoms with van der Waals surface area (Å²) in [6.45, 7) is 0. The van der Waals surface area contributed by atoms with Crippen molar-refractivity contribution in [3.63, 3.8) is 0 Å². The summed E-state index contributed by atoms with van der Waals surface area (Å²) in [7, 11) is -3.36. The molecule has 10 nitrogen and oxygen atoms in total. The van der Waals surface area contributed by atoms with E-state index in [4.69, 9.17) is 40.0 Å². The molecule has 14 aromatic carbocycles. The Kier molecular flexibility index (Phi) is 25.5. The Morgan fingerprint density at radius 2 is 0.487 bits per heavy atom. The zero-order valence-corrected chi connectivity index (χ0v) is 68.2. The molecule has 0 aliphatic carbocycles. The van der Waals surface area contributed by atoms with E-state index in [2.05, 4.69) is 327 Å². The van der Waals surface area contributed by atoms with E-state index >= 15 is 0 Å². The van der Waals surface area contributed by atoms with Gasteiger partial charge in [-0.2, -0.15) is 0 Å². The summed E-state index contributed by atoms with van der Waals surface area (Å²) >= 11 is 6.88. The smallest absolute Gasteiger partial charge is 0.423 e. The van der Waals surface area contributed by atoms with Gasteiger partial charge in [0.2, 0.25) is 0 Å². The molecule has 0 amide bonds. The van der Waals surface area contributed by atoms with Gasteiger partial charge in [0.25, 0.3) is 0 Å². The maximum atomic E-state index is 8.79. The summed E-state index contributed by atoms with van der Waals surface area (Å²) in [5, 5.41) is 49.2. The van der Waals surface area contributed by atoms with Crippen molar-refractivity contribution >= 4 is 122 Å². The Morgan fingerprint density at radius 1 is 0.222 bits per heavy atom. The Balaban J connectivity index is 0.000000125. The van der Waals surface area contributed by atoms with Crippen LogP contribution in [-0.4, -0.2) is 64.2 Å². The standard InChI is InChI=1S/C36H24N2.C36H22N2.C15H10BrN.C9H6BrN.C6H8B2O4.Pt/c2*1-3-17-33-25(9-1)19-21-37-35(33)29-13-7-11-27(23-29)31-15-5-6-16-32(31)28-12-8-14-30(24-28)36-34-18-4-2-10-26(34)20-22-38-36;16-13-6-3-5-12(10-13)15-14-7-2-1-4-11(14)8-9-17-15;10-9-8-4-2-1-3-7(8)5-6-11-9;9-7(10)5-3-1-2-4-6(5)8(11)12;/h1-24H;1-22H;1-10H;1-6H;1-4,9-12H;/q;-2;;;;+2. The van der Waals surface area contributed by atoms with Gasteiger partial charge in [-0.1, -0.05) is 294 Å². The molecular weight excluding hydrogens is 1750 g/mol. The molecule has 0 aliphatic heterocycles. The fraction of sp³-hybridized carbons (Fsp3) is 0. The molecule has 0 unspecified atom stereocenters. The van der Waals surface area contributed by atoms with Gasteiger partial charge >= 0.3 is 35.3 Å². The maximum absolute atomic E-state index is 8.79. The third kappa shape index (κ3) is 18.3. The van der Waals surface area contributed by atoms with Gasteiger partial charge in [0, 0.05) is 91.3 Å². The molecular formula is C102H70B2Br2N6O4Pt. The molecule has 0 saturated carbocycles. The van der Waals surface area contributed by atoms with Crippen LogP contribution in [0.4, 0.5) is 0 Å². The Morgan fingerprint density at radius 3 is 0.846 bits per heavy atom. The van der Waals surface area contributed by atoms with Crippen LogP contribution < -0.4 is 10.9 Å². The third-order valence-electron chi connectivity index (χ3n) is 20.1. The molecule has 20 rings (SSSR count). The number of aromatic nitrogens is 6. The normalized spacial score (nSPS) is 10.8. The Bertz CT molecular complexity index is 6290. The van der Waals surface area contributed by atoms with Crippen LogP contribution in [0.15, 0.2) is 410 Å². The molecule has 4 N–H and O–H groups in total. The zero-order valence-electron chi connectivity index (χ0n) is 62.8. The largest absolute Gasteiger partial charge is 2.00 e. The van der Waals surface area contributed by atoms with E-state index in [0.29, 0.717) is 0 Å². The minimum Gasteiger partial charge on any atom is -0.423 e. The van der Waals surface area contributed by atoms with E-state index < -0.39 is 14.2 Å². The number of halogens is 2. The monoisotopic (exact) mass is 1820 g/mol. The number of nitrogens with zero attached hydrogens (tertiary/aromatic N) is 6. The summed E-state index contributed by atoms with van der Waals surface area (Å²) in [5.41, 5.74) is 19.4. The molecule has 20 aromatic rings. The third-order valence-corrected chi connectivity index (χ3v) is 21.2. The fourth-order valence-corrected chi connectivity index (χ4v) is 15.4. The average Bonchev–Trinajstić information content (AvgIpc) is 0.781. The zero-order chi connectivity index (χ0) is 79.1. The van der Waals surface area contributed by atoms with Crippen LogP contribution in [0.25, 0.3) is 165 Å². The molecule has 0 bridgehead atoms. The van der Waals surface area contributed by atoms with E-state index in [1.165, 1.54) is 72.1 Å². The molecule has 0 saturated heterocycles. The molecule has 0 aliphatic rings. The molecule has 6 aromatic heterocycles. The van der Waals surface area contributed by atoms with Gasteiger partial charge in [-0.15, -0.1) is 70.8 Å². The first kappa shape index (κ1) is 79.4. The summed E-state index contributed by atoms with van der Waals surface area (Å²) in [4.78, 5) is 27.6. The quantitative estimate of drug-likeness (QED) is 0.0558. The molecule has 0 spiro atoms. The van der Waals surface area contributed by atoms with Gasteiger partial charge < -0.3 is 20.1 Å². The molecule has 0 fully saturated rings. The molecule has 0 radical (unpaired) electrons. The predicted octanol–water partition coefficient (Wildman–Crippen LogP) is 23.2. The minimum absolute atomic E-state index is 0. The van der Waals surface area contributed by atoms with Gasteiger partial charge in [0.05, 0.1) is 17.1 Å². The predicted molar refractivity (Wildman–Crippen MR) is 486 cm³/mol. The van der Waals surface area contributed by atoms with E-state index in [9.17, 15) is 0 Å². The van der Waals surface area contributed by atoms with E-state index in [1.807, 2.05) is 97.7 Å². The van der Waals surface area contributed by atoms with Crippen molar-refractivity contribution in [2.75, 3.05) is 0 Å². The Hall–Kier alpha value is -12.8. The first-order valence-electron chi connectivity index (χ1n) is 37.8. The molecule has 15 heteroatoms. The van der Waals surface area contributed by atoms with Crippen molar-refractivity contribution in [1.82, 2.24) is 29.9 Å². The van der Waals surface area contributed by atoms with Crippen LogP contribution in [-0.2, 0) is 21.1 Å². The van der Waals surface area contributed by atoms with Crippen molar-refractivity contribution < 1.29 is 41.2 Å². The van der Waals surface area contributed by atoms with Gasteiger partial charge in [-0.05, 0) is 153 Å². The van der Waals surface area contributed by atoms with Crippen LogP contribution in [0.5, 0.6) is 0 Å². The van der Waals surface area contributed by atoms with E-state index in [-0.39, 0.29) is 32.0 Å². The molecule has 0 atom stereocenters. The topological polar surface area (TPSA) is 158 Å². The second-order valence-corrected chi connectivity index (χ2v) is 29.0. The van der Waals surface area contributed by atoms with E-state index in [0.717, 1.165) is 115 Å². The van der Waals surface area contributed by atoms with Gasteiger partial charge in [0.15, 0.2) is 0 Å². The first-order chi connectivity index (χ1) is 57.0. The molecule has 562 valence electrons. The summed E-state index contributed by atoms with van der Waals surface area (Å²) in [6.07, 6.45) is 11.2. The summed E-state index contributed by atoms with van der Waals surface area (Å²) < 4.78 is 1.99. The first-order valence-corrected chi connectivity index (χ1v) is 39.3. The van der Waals surface area contributed by atoms with Crippen molar-refractivity contribution in [3.8, 4) is 101 Å². The van der Waals surface area contributed by atoms with Gasteiger partial charge in [-0.25, -0.2) is 4.98 Å². The summed E-state index contributed by atoms with van der Waals surface area (Å²) in [5.74, 6) is 0. The minimum atomic E-state index is -1.68. The number of fused-ring (bicyclic) bond motifs is 6. The number of rotatable bonds is 11. The van der Waals surface area contributed by atoms with Gasteiger partial charge in [-0.3, -0.25) is 24.9 Å². The fourth-order valence-electron chi connectivity index (χ4n) is 14.6.